The molecule has 0 radical (unpaired) electrons. The summed E-state index contributed by atoms with van der Waals surface area (Å²) in [6, 6.07) is 2.84. The van der Waals surface area contributed by atoms with Crippen LogP contribution in [0.3, 0.4) is 0 Å². The molecule has 1 fully saturated rings. The van der Waals surface area contributed by atoms with Gasteiger partial charge in [0.2, 0.25) is 5.09 Å². The van der Waals surface area contributed by atoms with E-state index in [0.29, 0.717) is 5.82 Å². The number of aromatic nitrogens is 2. The van der Waals surface area contributed by atoms with Crippen LogP contribution in [0.4, 0.5) is 0 Å². The lowest BCUT2D eigenvalue weighted by Gasteiger charge is -2.34. The summed E-state index contributed by atoms with van der Waals surface area (Å²) < 4.78 is 35.4. The molecule has 2 heterocycles. The first-order valence-corrected chi connectivity index (χ1v) is 7.93. The molecule has 3 rings (SSSR count). The van der Waals surface area contributed by atoms with E-state index in [2.05, 4.69) is 10.1 Å². The van der Waals surface area contributed by atoms with Crippen LogP contribution in [0.2, 0.25) is 0 Å². The zero-order valence-corrected chi connectivity index (χ0v) is 12.6. The Kier molecular flexibility index (Phi) is 3.15. The maximum atomic E-state index is 11.9. The largest absolute Gasteiger partial charge is 0.438 e. The highest BCUT2D eigenvalue weighted by Gasteiger charge is 2.39. The van der Waals surface area contributed by atoms with Gasteiger partial charge >= 0.3 is 0 Å². The predicted octanol–water partition coefficient (Wildman–Crippen LogP) is 0.918. The van der Waals surface area contributed by atoms with Crippen molar-refractivity contribution in [3.63, 3.8) is 0 Å². The van der Waals surface area contributed by atoms with E-state index in [0.717, 1.165) is 23.6 Å². The van der Waals surface area contributed by atoms with Crippen molar-refractivity contribution in [2.45, 2.75) is 29.9 Å². The molecule has 1 aliphatic carbocycles. The smallest absolute Gasteiger partial charge is 0.293 e. The molecule has 2 aromatic heterocycles. The standard InChI is InChI=1S/C12H16N4O4S/c1-16(2)21(17,18)9-5-4-8(19-9)10-14-11(15-20-10)12(13)6-3-7-12/h4-5H,3,6-7,13H2,1-2H3. The summed E-state index contributed by atoms with van der Waals surface area (Å²) in [5.74, 6) is 0.760. The fraction of sp³-hybridized carbons (Fsp3) is 0.500. The topological polar surface area (TPSA) is 115 Å². The van der Waals surface area contributed by atoms with Gasteiger partial charge in [-0.1, -0.05) is 5.16 Å². The highest BCUT2D eigenvalue weighted by atomic mass is 32.2. The van der Waals surface area contributed by atoms with Crippen LogP contribution < -0.4 is 5.73 Å². The molecule has 9 heteroatoms. The van der Waals surface area contributed by atoms with Crippen molar-refractivity contribution in [1.29, 1.82) is 0 Å². The van der Waals surface area contributed by atoms with Crippen LogP contribution in [0, 0.1) is 0 Å². The second kappa shape index (κ2) is 4.65. The monoisotopic (exact) mass is 312 g/mol. The first-order chi connectivity index (χ1) is 9.83. The minimum Gasteiger partial charge on any atom is -0.438 e. The van der Waals surface area contributed by atoms with Gasteiger partial charge in [0.1, 0.15) is 0 Å². The average molecular weight is 312 g/mol. The van der Waals surface area contributed by atoms with Crippen LogP contribution in [0.15, 0.2) is 26.2 Å². The Labute approximate surface area is 122 Å². The Morgan fingerprint density at radius 3 is 2.62 bits per heavy atom. The number of hydrogen-bond acceptors (Lipinski definition) is 7. The second-order valence-electron chi connectivity index (χ2n) is 5.34. The van der Waals surface area contributed by atoms with Crippen LogP contribution in [-0.4, -0.2) is 37.0 Å². The molecule has 1 saturated carbocycles. The summed E-state index contributed by atoms with van der Waals surface area (Å²) in [4.78, 5) is 4.21. The molecule has 0 atom stereocenters. The van der Waals surface area contributed by atoms with Crippen LogP contribution >= 0.6 is 0 Å². The lowest BCUT2D eigenvalue weighted by molar-refractivity contribution is 0.229. The van der Waals surface area contributed by atoms with Crippen molar-refractivity contribution in [2.24, 2.45) is 5.73 Å². The number of sulfonamides is 1. The minimum atomic E-state index is -3.63. The lowest BCUT2D eigenvalue weighted by atomic mass is 9.77. The van der Waals surface area contributed by atoms with E-state index in [4.69, 9.17) is 14.7 Å². The highest BCUT2D eigenvalue weighted by Crippen LogP contribution is 2.37. The third kappa shape index (κ3) is 2.27. The minimum absolute atomic E-state index is 0.127. The number of furan rings is 1. The molecular formula is C12H16N4O4S. The molecule has 114 valence electrons. The van der Waals surface area contributed by atoms with Gasteiger partial charge in [-0.05, 0) is 31.4 Å². The summed E-state index contributed by atoms with van der Waals surface area (Å²) in [5, 5.41) is 3.69. The Morgan fingerprint density at radius 1 is 1.33 bits per heavy atom. The van der Waals surface area contributed by atoms with Crippen LogP contribution in [0.1, 0.15) is 25.1 Å². The molecule has 2 N–H and O–H groups in total. The summed E-state index contributed by atoms with van der Waals surface area (Å²) in [7, 11) is -0.772. The molecule has 2 aromatic rings. The van der Waals surface area contributed by atoms with Crippen molar-refractivity contribution >= 4 is 10.0 Å². The summed E-state index contributed by atoms with van der Waals surface area (Å²) in [6.07, 6.45) is 2.65. The molecule has 8 nitrogen and oxygen atoms in total. The summed E-state index contributed by atoms with van der Waals surface area (Å²) in [6.45, 7) is 0. The average Bonchev–Trinajstić information content (AvgIpc) is 3.04. The number of rotatable bonds is 4. The van der Waals surface area contributed by atoms with Crippen LogP contribution in [0.5, 0.6) is 0 Å². The summed E-state index contributed by atoms with van der Waals surface area (Å²) in [5.41, 5.74) is 5.58. The molecule has 1 aliphatic rings. The van der Waals surface area contributed by atoms with Gasteiger partial charge < -0.3 is 14.7 Å². The maximum absolute atomic E-state index is 11.9. The highest BCUT2D eigenvalue weighted by molar-refractivity contribution is 7.88. The van der Waals surface area contributed by atoms with Gasteiger partial charge in [0.15, 0.2) is 11.6 Å². The van der Waals surface area contributed by atoms with Gasteiger partial charge in [-0.3, -0.25) is 0 Å². The molecule has 0 unspecified atom stereocenters. The van der Waals surface area contributed by atoms with Gasteiger partial charge in [0.05, 0.1) is 5.54 Å². The summed E-state index contributed by atoms with van der Waals surface area (Å²) >= 11 is 0. The van der Waals surface area contributed by atoms with Crippen molar-refractivity contribution in [2.75, 3.05) is 14.1 Å². The van der Waals surface area contributed by atoms with Gasteiger partial charge in [0.25, 0.3) is 15.9 Å². The third-order valence-electron chi connectivity index (χ3n) is 3.64. The molecular weight excluding hydrogens is 296 g/mol. The van der Waals surface area contributed by atoms with E-state index in [1.807, 2.05) is 0 Å². The normalized spacial score (nSPS) is 17.9. The van der Waals surface area contributed by atoms with Crippen molar-refractivity contribution in [3.8, 4) is 11.7 Å². The zero-order valence-electron chi connectivity index (χ0n) is 11.7. The Bertz CT molecular complexity index is 758. The number of nitrogens with zero attached hydrogens (tertiary/aromatic N) is 3. The molecule has 0 aliphatic heterocycles. The van der Waals surface area contributed by atoms with Crippen molar-refractivity contribution < 1.29 is 17.4 Å². The van der Waals surface area contributed by atoms with Crippen LogP contribution in [0.25, 0.3) is 11.7 Å². The molecule has 0 aromatic carbocycles. The van der Waals surface area contributed by atoms with E-state index in [-0.39, 0.29) is 16.7 Å². The van der Waals surface area contributed by atoms with Crippen molar-refractivity contribution in [3.05, 3.63) is 18.0 Å². The molecule has 0 bridgehead atoms. The van der Waals surface area contributed by atoms with Crippen molar-refractivity contribution in [1.82, 2.24) is 14.4 Å². The fourth-order valence-electron chi connectivity index (χ4n) is 2.06. The Morgan fingerprint density at radius 2 is 2.05 bits per heavy atom. The SMILES string of the molecule is CN(C)S(=O)(=O)c1ccc(-c2nc(C3(N)CCC3)no2)o1. The second-order valence-corrected chi connectivity index (χ2v) is 7.42. The number of nitrogens with two attached hydrogens (primary N) is 1. The lowest BCUT2D eigenvalue weighted by Crippen LogP contribution is -2.44. The molecule has 0 saturated heterocycles. The maximum Gasteiger partial charge on any atom is 0.293 e. The van der Waals surface area contributed by atoms with E-state index in [1.165, 1.54) is 26.2 Å². The zero-order chi connectivity index (χ0) is 15.3. The first-order valence-electron chi connectivity index (χ1n) is 6.49. The quantitative estimate of drug-likeness (QED) is 0.892. The van der Waals surface area contributed by atoms with Gasteiger partial charge in [0, 0.05) is 14.1 Å². The Hall–Kier alpha value is -1.71. The van der Waals surface area contributed by atoms with Gasteiger partial charge in [-0.2, -0.15) is 4.98 Å². The van der Waals surface area contributed by atoms with E-state index >= 15 is 0 Å². The number of hydrogen-bond donors (Lipinski definition) is 1. The Balaban J connectivity index is 1.91. The van der Waals surface area contributed by atoms with Crippen LogP contribution in [-0.2, 0) is 15.6 Å². The fourth-order valence-corrected chi connectivity index (χ4v) is 2.86. The van der Waals surface area contributed by atoms with Gasteiger partial charge in [-0.15, -0.1) is 0 Å². The van der Waals surface area contributed by atoms with E-state index in [1.54, 1.807) is 0 Å². The molecule has 0 amide bonds. The van der Waals surface area contributed by atoms with E-state index in [9.17, 15) is 8.42 Å². The third-order valence-corrected chi connectivity index (χ3v) is 5.33. The molecule has 21 heavy (non-hydrogen) atoms. The molecule has 0 spiro atoms. The predicted molar refractivity (Wildman–Crippen MR) is 72.6 cm³/mol. The first kappa shape index (κ1) is 14.2. The van der Waals surface area contributed by atoms with Gasteiger partial charge in [-0.25, -0.2) is 12.7 Å². The van der Waals surface area contributed by atoms with E-state index < -0.39 is 15.6 Å².